The van der Waals surface area contributed by atoms with Crippen LogP contribution in [0.4, 0.5) is 5.82 Å². The van der Waals surface area contributed by atoms with E-state index in [4.69, 9.17) is 4.74 Å². The highest BCUT2D eigenvalue weighted by atomic mass is 79.9. The van der Waals surface area contributed by atoms with Crippen molar-refractivity contribution in [1.29, 1.82) is 0 Å². The molecule has 0 atom stereocenters. The van der Waals surface area contributed by atoms with Crippen LogP contribution in [0, 0.1) is 0 Å². The fourth-order valence-corrected chi connectivity index (χ4v) is 2.45. The Morgan fingerprint density at radius 2 is 2.29 bits per heavy atom. The second-order valence-electron chi connectivity index (χ2n) is 4.23. The van der Waals surface area contributed by atoms with Crippen molar-refractivity contribution >= 4 is 21.7 Å². The summed E-state index contributed by atoms with van der Waals surface area (Å²) in [6.45, 7) is 3.65. The third-order valence-electron chi connectivity index (χ3n) is 3.14. The average Bonchev–Trinajstić information content (AvgIpc) is 2.27. The van der Waals surface area contributed by atoms with E-state index in [1.165, 1.54) is 19.3 Å². The quantitative estimate of drug-likeness (QED) is 0.754. The zero-order chi connectivity index (χ0) is 12.1. The molecule has 2 rings (SSSR count). The molecule has 0 aliphatic heterocycles. The average molecular weight is 299 g/mol. The highest BCUT2D eigenvalue weighted by molar-refractivity contribution is 9.09. The molecule has 0 aromatic carbocycles. The Hall–Kier alpha value is -0.770. The Labute approximate surface area is 111 Å². The third-order valence-corrected chi connectivity index (χ3v) is 3.49. The monoisotopic (exact) mass is 298 g/mol. The van der Waals surface area contributed by atoms with Crippen LogP contribution in [0.5, 0.6) is 5.88 Å². The lowest BCUT2D eigenvalue weighted by atomic mass is 9.91. The number of nitrogens with zero attached hydrogens (tertiary/aromatic N) is 2. The first-order valence-corrected chi connectivity index (χ1v) is 7.39. The van der Waals surface area contributed by atoms with Crippen LogP contribution < -0.4 is 9.64 Å². The van der Waals surface area contributed by atoms with Crippen LogP contribution in [0.25, 0.3) is 0 Å². The molecule has 0 radical (unpaired) electrons. The summed E-state index contributed by atoms with van der Waals surface area (Å²) in [7, 11) is 0. The zero-order valence-corrected chi connectivity index (χ0v) is 11.8. The number of anilines is 1. The predicted molar refractivity (Wildman–Crippen MR) is 74.2 cm³/mol. The molecular formula is C13H19BrN2O. The van der Waals surface area contributed by atoms with Gasteiger partial charge in [0.05, 0.1) is 6.61 Å². The largest absolute Gasteiger partial charge is 0.478 e. The molecule has 3 nitrogen and oxygen atoms in total. The first kappa shape index (κ1) is 12.7. The van der Waals surface area contributed by atoms with Crippen LogP contribution in [-0.4, -0.2) is 29.5 Å². The van der Waals surface area contributed by atoms with Gasteiger partial charge < -0.3 is 9.64 Å². The second-order valence-corrected chi connectivity index (χ2v) is 5.03. The Kier molecular flexibility index (Phi) is 4.66. The summed E-state index contributed by atoms with van der Waals surface area (Å²) in [6, 6.07) is 6.67. The van der Waals surface area contributed by atoms with Crippen LogP contribution in [-0.2, 0) is 0 Å². The van der Waals surface area contributed by atoms with Crippen molar-refractivity contribution in [3.05, 3.63) is 18.2 Å². The maximum Gasteiger partial charge on any atom is 0.215 e. The van der Waals surface area contributed by atoms with Crippen LogP contribution in [0.15, 0.2) is 18.2 Å². The Bertz CT molecular complexity index is 355. The number of hydrogen-bond donors (Lipinski definition) is 0. The fourth-order valence-electron chi connectivity index (χ4n) is 2.07. The summed E-state index contributed by atoms with van der Waals surface area (Å²) < 4.78 is 5.46. The summed E-state index contributed by atoms with van der Waals surface area (Å²) in [5.41, 5.74) is 0. The van der Waals surface area contributed by atoms with Crippen molar-refractivity contribution in [2.45, 2.75) is 32.2 Å². The van der Waals surface area contributed by atoms with Crippen LogP contribution in [0.2, 0.25) is 0 Å². The van der Waals surface area contributed by atoms with Gasteiger partial charge in [-0.15, -0.1) is 0 Å². The van der Waals surface area contributed by atoms with Gasteiger partial charge in [-0.05, 0) is 32.3 Å². The number of hydrogen-bond acceptors (Lipinski definition) is 3. The van der Waals surface area contributed by atoms with Gasteiger partial charge in [0.2, 0.25) is 5.88 Å². The summed E-state index contributed by atoms with van der Waals surface area (Å²) in [5, 5.41) is 0.976. The van der Waals surface area contributed by atoms with Gasteiger partial charge in [0, 0.05) is 24.0 Å². The normalized spacial score (nSPS) is 15.4. The molecule has 1 fully saturated rings. The molecular weight excluding hydrogens is 280 g/mol. The molecule has 0 spiro atoms. The molecule has 0 N–H and O–H groups in total. The minimum absolute atomic E-state index is 0.664. The number of halogens is 1. The van der Waals surface area contributed by atoms with E-state index in [-0.39, 0.29) is 0 Å². The predicted octanol–water partition coefficient (Wildman–Crippen LogP) is 3.23. The van der Waals surface area contributed by atoms with E-state index in [0.717, 1.165) is 23.6 Å². The highest BCUT2D eigenvalue weighted by Crippen LogP contribution is 2.29. The summed E-state index contributed by atoms with van der Waals surface area (Å²) in [6.07, 6.45) is 3.91. The van der Waals surface area contributed by atoms with Crippen molar-refractivity contribution in [3.8, 4) is 5.88 Å². The molecule has 0 unspecified atom stereocenters. The van der Waals surface area contributed by atoms with Gasteiger partial charge in [0.1, 0.15) is 5.82 Å². The van der Waals surface area contributed by atoms with Crippen molar-refractivity contribution in [2.75, 3.05) is 23.4 Å². The van der Waals surface area contributed by atoms with Gasteiger partial charge in [-0.1, -0.05) is 22.0 Å². The Morgan fingerprint density at radius 1 is 1.47 bits per heavy atom. The third kappa shape index (κ3) is 3.12. The van der Waals surface area contributed by atoms with Crippen molar-refractivity contribution in [3.63, 3.8) is 0 Å². The minimum Gasteiger partial charge on any atom is -0.478 e. The maximum absolute atomic E-state index is 5.46. The molecule has 4 heteroatoms. The Balaban J connectivity index is 2.13. The topological polar surface area (TPSA) is 25.4 Å². The Morgan fingerprint density at radius 3 is 2.88 bits per heavy atom. The number of ether oxygens (including phenoxy) is 1. The van der Waals surface area contributed by atoms with Crippen molar-refractivity contribution in [1.82, 2.24) is 4.98 Å². The molecule has 0 bridgehead atoms. The number of alkyl halides is 1. The standard InChI is InChI=1S/C13H19BrN2O/c1-2-17-13-8-4-7-12(15-13)16(10-9-14)11-5-3-6-11/h4,7-8,11H,2-3,5-6,9-10H2,1H3. The molecule has 0 saturated heterocycles. The van der Waals surface area contributed by atoms with E-state index in [9.17, 15) is 0 Å². The first-order chi connectivity index (χ1) is 8.35. The van der Waals surface area contributed by atoms with E-state index < -0.39 is 0 Å². The van der Waals surface area contributed by atoms with Crippen LogP contribution in [0.1, 0.15) is 26.2 Å². The zero-order valence-electron chi connectivity index (χ0n) is 10.2. The van der Waals surface area contributed by atoms with Gasteiger partial charge >= 0.3 is 0 Å². The van der Waals surface area contributed by atoms with E-state index in [2.05, 4.69) is 31.9 Å². The van der Waals surface area contributed by atoms with Gasteiger partial charge in [-0.25, -0.2) is 0 Å². The molecule has 1 heterocycles. The lowest BCUT2D eigenvalue weighted by Crippen LogP contribution is -2.41. The van der Waals surface area contributed by atoms with E-state index >= 15 is 0 Å². The van der Waals surface area contributed by atoms with E-state index in [1.807, 2.05) is 19.1 Å². The second kappa shape index (κ2) is 6.24. The SMILES string of the molecule is CCOc1cccc(N(CCBr)C2CCC2)n1. The minimum atomic E-state index is 0.664. The molecule has 94 valence electrons. The van der Waals surface area contributed by atoms with E-state index in [0.29, 0.717) is 12.6 Å². The smallest absolute Gasteiger partial charge is 0.215 e. The number of aromatic nitrogens is 1. The molecule has 1 aliphatic rings. The molecule has 17 heavy (non-hydrogen) atoms. The number of rotatable bonds is 6. The highest BCUT2D eigenvalue weighted by Gasteiger charge is 2.25. The first-order valence-electron chi connectivity index (χ1n) is 6.27. The van der Waals surface area contributed by atoms with Gasteiger partial charge in [0.15, 0.2) is 0 Å². The summed E-state index contributed by atoms with van der Waals surface area (Å²) >= 11 is 3.52. The lowest BCUT2D eigenvalue weighted by Gasteiger charge is -2.38. The molecule has 1 aromatic rings. The van der Waals surface area contributed by atoms with E-state index in [1.54, 1.807) is 0 Å². The van der Waals surface area contributed by atoms with Crippen LogP contribution in [0.3, 0.4) is 0 Å². The maximum atomic E-state index is 5.46. The van der Waals surface area contributed by atoms with Gasteiger partial charge in [0.25, 0.3) is 0 Å². The molecule has 1 aliphatic carbocycles. The molecule has 1 saturated carbocycles. The summed E-state index contributed by atoms with van der Waals surface area (Å²) in [4.78, 5) is 6.96. The molecule has 0 amide bonds. The molecule has 1 aromatic heterocycles. The van der Waals surface area contributed by atoms with Gasteiger partial charge in [-0.3, -0.25) is 0 Å². The fraction of sp³-hybridized carbons (Fsp3) is 0.615. The number of pyridine rings is 1. The lowest BCUT2D eigenvalue weighted by molar-refractivity contribution is 0.325. The van der Waals surface area contributed by atoms with Crippen molar-refractivity contribution < 1.29 is 4.74 Å². The summed E-state index contributed by atoms with van der Waals surface area (Å²) in [5.74, 6) is 1.77. The van der Waals surface area contributed by atoms with Gasteiger partial charge in [-0.2, -0.15) is 4.98 Å². The van der Waals surface area contributed by atoms with Crippen LogP contribution >= 0.6 is 15.9 Å². The van der Waals surface area contributed by atoms with Crippen molar-refractivity contribution in [2.24, 2.45) is 0 Å².